The topological polar surface area (TPSA) is 42.0 Å². The Morgan fingerprint density at radius 3 is 2.58 bits per heavy atom. The van der Waals surface area contributed by atoms with Gasteiger partial charge < -0.3 is 14.4 Å². The molecule has 2 heterocycles. The Kier molecular flexibility index (Phi) is 7.93. The lowest BCUT2D eigenvalue weighted by atomic mass is 9.93. The van der Waals surface area contributed by atoms with E-state index in [1.165, 1.54) is 18.2 Å². The zero-order valence-electron chi connectivity index (χ0n) is 19.1. The van der Waals surface area contributed by atoms with Crippen LogP contribution in [0.5, 0.6) is 5.75 Å². The van der Waals surface area contributed by atoms with Gasteiger partial charge in [-0.1, -0.05) is 18.6 Å². The van der Waals surface area contributed by atoms with E-state index in [0.29, 0.717) is 37.6 Å². The molecule has 0 aromatic heterocycles. The van der Waals surface area contributed by atoms with Gasteiger partial charge in [0.15, 0.2) is 0 Å². The maximum atomic E-state index is 14.2. The molecule has 0 saturated carbocycles. The summed E-state index contributed by atoms with van der Waals surface area (Å²) < 4.78 is 40.2. The van der Waals surface area contributed by atoms with Crippen molar-refractivity contribution in [2.75, 3.05) is 33.4 Å². The zero-order chi connectivity index (χ0) is 23.2. The van der Waals surface area contributed by atoms with Crippen LogP contribution in [0, 0.1) is 11.6 Å². The van der Waals surface area contributed by atoms with Crippen molar-refractivity contribution in [2.45, 2.75) is 50.8 Å². The summed E-state index contributed by atoms with van der Waals surface area (Å²) in [4.78, 5) is 17.3. The molecule has 0 unspecified atom stereocenters. The van der Waals surface area contributed by atoms with Crippen molar-refractivity contribution in [3.05, 3.63) is 65.2 Å². The van der Waals surface area contributed by atoms with Gasteiger partial charge in [-0.15, -0.1) is 0 Å². The molecule has 0 aliphatic carbocycles. The van der Waals surface area contributed by atoms with E-state index in [9.17, 15) is 13.6 Å². The van der Waals surface area contributed by atoms with E-state index in [-0.39, 0.29) is 30.2 Å². The minimum Gasteiger partial charge on any atom is -0.492 e. The van der Waals surface area contributed by atoms with E-state index in [1.807, 2.05) is 28.0 Å². The summed E-state index contributed by atoms with van der Waals surface area (Å²) >= 11 is 0. The van der Waals surface area contributed by atoms with Gasteiger partial charge >= 0.3 is 0 Å². The zero-order valence-corrected chi connectivity index (χ0v) is 19.1. The largest absolute Gasteiger partial charge is 0.492 e. The highest BCUT2D eigenvalue weighted by molar-refractivity contribution is 5.95. The standard InChI is InChI=1S/C26H32F2N2O3/c1-32-25-12-6-14-30-24(25)11-2-3-13-29(18-21-22(27)9-5-10-23(21)28)15-16-33-20-8-4-7-19(17-20)26(30)31/h4-5,7-10,17,24-25H,2-3,6,11-16,18H2,1H3/t24-,25-/m1/s1. The van der Waals surface area contributed by atoms with Crippen molar-refractivity contribution in [1.82, 2.24) is 9.80 Å². The number of fused-ring (bicyclic) bond motifs is 3. The molecule has 178 valence electrons. The predicted molar refractivity (Wildman–Crippen MR) is 122 cm³/mol. The van der Waals surface area contributed by atoms with Crippen LogP contribution in [-0.4, -0.2) is 61.2 Å². The van der Waals surface area contributed by atoms with Crippen molar-refractivity contribution in [3.8, 4) is 5.75 Å². The molecule has 1 saturated heterocycles. The van der Waals surface area contributed by atoms with Crippen LogP contribution in [0.4, 0.5) is 8.78 Å². The quantitative estimate of drug-likeness (QED) is 0.672. The Morgan fingerprint density at radius 1 is 1.00 bits per heavy atom. The Labute approximate surface area is 194 Å². The van der Waals surface area contributed by atoms with Crippen molar-refractivity contribution in [1.29, 1.82) is 0 Å². The number of amides is 1. The van der Waals surface area contributed by atoms with E-state index in [1.54, 1.807) is 13.2 Å². The summed E-state index contributed by atoms with van der Waals surface area (Å²) in [5, 5.41) is 0. The van der Waals surface area contributed by atoms with Crippen LogP contribution in [0.15, 0.2) is 42.5 Å². The summed E-state index contributed by atoms with van der Waals surface area (Å²) in [5.74, 6) is -0.419. The minimum atomic E-state index is -0.526. The molecule has 7 heteroatoms. The van der Waals surface area contributed by atoms with Crippen LogP contribution in [0.25, 0.3) is 0 Å². The SMILES string of the molecule is CO[C@@H]1CCCN2C(=O)c3cccc(c3)OCCN(Cc3c(F)cccc3F)CCCC[C@H]12. The third-order valence-corrected chi connectivity index (χ3v) is 6.71. The van der Waals surface area contributed by atoms with Gasteiger partial charge in [-0.25, -0.2) is 8.78 Å². The summed E-state index contributed by atoms with van der Waals surface area (Å²) in [6.07, 6.45) is 4.45. The van der Waals surface area contributed by atoms with Crippen LogP contribution in [-0.2, 0) is 11.3 Å². The van der Waals surface area contributed by atoms with E-state index in [4.69, 9.17) is 9.47 Å². The van der Waals surface area contributed by atoms with E-state index >= 15 is 0 Å². The van der Waals surface area contributed by atoms with Gasteiger partial charge in [0.05, 0.1) is 12.1 Å². The third kappa shape index (κ3) is 5.71. The Morgan fingerprint density at radius 2 is 1.79 bits per heavy atom. The maximum absolute atomic E-state index is 14.2. The first-order valence-corrected chi connectivity index (χ1v) is 11.8. The van der Waals surface area contributed by atoms with Crippen LogP contribution < -0.4 is 4.74 Å². The molecule has 2 aliphatic heterocycles. The molecule has 2 atom stereocenters. The molecular weight excluding hydrogens is 426 g/mol. The average molecular weight is 459 g/mol. The molecular formula is C26H32F2N2O3. The lowest BCUT2D eigenvalue weighted by Gasteiger charge is -2.41. The molecule has 0 N–H and O–H groups in total. The number of piperidine rings is 1. The average Bonchev–Trinajstić information content (AvgIpc) is 2.83. The molecule has 0 radical (unpaired) electrons. The van der Waals surface area contributed by atoms with Crippen LogP contribution in [0.3, 0.4) is 0 Å². The second-order valence-electron chi connectivity index (χ2n) is 8.83. The fraction of sp³-hybridized carbons (Fsp3) is 0.500. The highest BCUT2D eigenvalue weighted by Crippen LogP contribution is 2.27. The third-order valence-electron chi connectivity index (χ3n) is 6.71. The molecule has 0 spiro atoms. The number of ether oxygens (including phenoxy) is 2. The summed E-state index contributed by atoms with van der Waals surface area (Å²) in [6.45, 7) is 2.49. The monoisotopic (exact) mass is 458 g/mol. The number of hydrogen-bond acceptors (Lipinski definition) is 4. The summed E-state index contributed by atoms with van der Waals surface area (Å²) in [7, 11) is 1.71. The highest BCUT2D eigenvalue weighted by atomic mass is 19.1. The molecule has 2 aromatic carbocycles. The number of nitrogens with zero attached hydrogens (tertiary/aromatic N) is 2. The number of hydrogen-bond donors (Lipinski definition) is 0. The number of rotatable bonds is 3. The first-order valence-electron chi connectivity index (χ1n) is 11.8. The number of halogens is 2. The van der Waals surface area contributed by atoms with Gasteiger partial charge in [-0.2, -0.15) is 0 Å². The molecule has 2 bridgehead atoms. The number of carbonyl (C=O) groups excluding carboxylic acids is 1. The smallest absolute Gasteiger partial charge is 0.254 e. The maximum Gasteiger partial charge on any atom is 0.254 e. The van der Waals surface area contributed by atoms with Gasteiger partial charge in [-0.3, -0.25) is 9.69 Å². The molecule has 33 heavy (non-hydrogen) atoms. The predicted octanol–water partition coefficient (Wildman–Crippen LogP) is 4.65. The molecule has 1 amide bonds. The molecule has 2 aromatic rings. The normalized spacial score (nSPS) is 22.9. The van der Waals surface area contributed by atoms with Crippen LogP contribution in [0.2, 0.25) is 0 Å². The van der Waals surface area contributed by atoms with Gasteiger partial charge in [0.2, 0.25) is 0 Å². The van der Waals surface area contributed by atoms with Gasteiger partial charge in [0, 0.05) is 37.9 Å². The van der Waals surface area contributed by atoms with Gasteiger partial charge in [-0.05, 0) is 62.6 Å². The van der Waals surface area contributed by atoms with Gasteiger partial charge in [0.25, 0.3) is 5.91 Å². The second-order valence-corrected chi connectivity index (χ2v) is 8.83. The molecule has 5 nitrogen and oxygen atoms in total. The Hall–Kier alpha value is -2.51. The lowest BCUT2D eigenvalue weighted by molar-refractivity contribution is -0.0156. The van der Waals surface area contributed by atoms with Crippen LogP contribution >= 0.6 is 0 Å². The molecule has 4 rings (SSSR count). The van der Waals surface area contributed by atoms with E-state index in [0.717, 1.165) is 32.1 Å². The lowest BCUT2D eigenvalue weighted by Crippen LogP contribution is -2.51. The first-order chi connectivity index (χ1) is 16.1. The van der Waals surface area contributed by atoms with Crippen molar-refractivity contribution in [2.24, 2.45) is 0 Å². The Balaban J connectivity index is 1.55. The number of carbonyl (C=O) groups is 1. The van der Waals surface area contributed by atoms with Crippen LogP contribution in [0.1, 0.15) is 48.0 Å². The van der Waals surface area contributed by atoms with Crippen molar-refractivity contribution < 1.29 is 23.0 Å². The van der Waals surface area contributed by atoms with E-state index < -0.39 is 11.6 Å². The minimum absolute atomic E-state index is 0.0126. The number of benzene rings is 2. The molecule has 1 fully saturated rings. The van der Waals surface area contributed by atoms with Gasteiger partial charge in [0.1, 0.15) is 24.0 Å². The Bertz CT molecular complexity index is 935. The fourth-order valence-electron chi connectivity index (χ4n) is 4.93. The highest BCUT2D eigenvalue weighted by Gasteiger charge is 2.34. The van der Waals surface area contributed by atoms with Crippen molar-refractivity contribution in [3.63, 3.8) is 0 Å². The van der Waals surface area contributed by atoms with E-state index in [2.05, 4.69) is 0 Å². The molecule has 2 aliphatic rings. The first kappa shape index (κ1) is 23.6. The summed E-state index contributed by atoms with van der Waals surface area (Å²) in [6, 6.07) is 11.2. The fourth-order valence-corrected chi connectivity index (χ4v) is 4.93. The summed E-state index contributed by atoms with van der Waals surface area (Å²) in [5.41, 5.74) is 0.695. The number of methoxy groups -OCH3 is 1. The second kappa shape index (κ2) is 11.1. The van der Waals surface area contributed by atoms with Crippen molar-refractivity contribution >= 4 is 5.91 Å².